The van der Waals surface area contributed by atoms with Gasteiger partial charge in [0.1, 0.15) is 10.8 Å². The van der Waals surface area contributed by atoms with Gasteiger partial charge in [-0.05, 0) is 31.0 Å². The number of ether oxygens (including phenoxy) is 1. The molecule has 0 aliphatic heterocycles. The number of aromatic nitrogens is 3. The topological polar surface area (TPSA) is 85.6 Å². The largest absolute Gasteiger partial charge is 0.483 e. The van der Waals surface area contributed by atoms with Gasteiger partial charge in [0, 0.05) is 11.6 Å². The lowest BCUT2D eigenvalue weighted by atomic mass is 10.1. The van der Waals surface area contributed by atoms with Gasteiger partial charge in [0.05, 0.1) is 12.2 Å². The van der Waals surface area contributed by atoms with Crippen molar-refractivity contribution in [2.45, 2.75) is 26.8 Å². The third kappa shape index (κ3) is 4.80. The van der Waals surface area contributed by atoms with Crippen LogP contribution in [0.5, 0.6) is 5.75 Å². The first-order valence-electron chi connectivity index (χ1n) is 9.97. The smallest absolute Gasteiger partial charge is 0.275 e. The van der Waals surface area contributed by atoms with Crippen LogP contribution < -0.4 is 15.6 Å². The average Bonchev–Trinajstić information content (AvgIpc) is 3.21. The minimum atomic E-state index is -0.280. The van der Waals surface area contributed by atoms with E-state index in [0.29, 0.717) is 16.4 Å². The second-order valence-corrected chi connectivity index (χ2v) is 8.04. The van der Waals surface area contributed by atoms with Crippen LogP contribution in [0, 0.1) is 6.92 Å². The predicted octanol–water partition coefficient (Wildman–Crippen LogP) is 3.38. The van der Waals surface area contributed by atoms with Gasteiger partial charge in [-0.15, -0.1) is 0 Å². The Bertz CT molecular complexity index is 1300. The molecule has 0 saturated heterocycles. The quantitative estimate of drug-likeness (QED) is 0.482. The minimum Gasteiger partial charge on any atom is -0.483 e. The number of nitrogens with one attached hydrogen (secondary N) is 1. The van der Waals surface area contributed by atoms with Gasteiger partial charge >= 0.3 is 0 Å². The Kier molecular flexibility index (Phi) is 6.08. The second-order valence-electron chi connectivity index (χ2n) is 7.08. The number of benzene rings is 2. The molecule has 4 aromatic rings. The van der Waals surface area contributed by atoms with Gasteiger partial charge in [-0.1, -0.05) is 60.2 Å². The van der Waals surface area contributed by atoms with Crippen molar-refractivity contribution in [1.29, 1.82) is 0 Å². The maximum absolute atomic E-state index is 12.5. The van der Waals surface area contributed by atoms with Crippen LogP contribution in [0.2, 0.25) is 0 Å². The van der Waals surface area contributed by atoms with Crippen molar-refractivity contribution in [3.63, 3.8) is 0 Å². The number of para-hydroxylation sites is 1. The third-order valence-electron chi connectivity index (χ3n) is 4.74. The summed E-state index contributed by atoms with van der Waals surface area (Å²) in [6.07, 6.45) is 0.824. The fourth-order valence-corrected chi connectivity index (χ4v) is 4.08. The number of aryl methyl sites for hydroxylation is 2. The Labute approximate surface area is 183 Å². The van der Waals surface area contributed by atoms with Gasteiger partial charge < -0.3 is 10.1 Å². The summed E-state index contributed by atoms with van der Waals surface area (Å²) in [6.45, 7) is 4.08. The van der Waals surface area contributed by atoms with Gasteiger partial charge in [0.15, 0.2) is 6.61 Å². The fraction of sp³-hybridized carbons (Fsp3) is 0.217. The Morgan fingerprint density at radius 1 is 1.16 bits per heavy atom. The lowest BCUT2D eigenvalue weighted by Crippen LogP contribution is -2.29. The molecule has 7 nitrogen and oxygen atoms in total. The van der Waals surface area contributed by atoms with E-state index in [9.17, 15) is 9.59 Å². The van der Waals surface area contributed by atoms with E-state index in [2.05, 4.69) is 15.4 Å². The summed E-state index contributed by atoms with van der Waals surface area (Å²) < 4.78 is 6.92. The fourth-order valence-electron chi connectivity index (χ4n) is 3.16. The Morgan fingerprint density at radius 3 is 2.81 bits per heavy atom. The number of carbonyl (C=O) groups excluding carboxylic acids is 1. The molecule has 2 aromatic heterocycles. The van der Waals surface area contributed by atoms with Crippen LogP contribution >= 0.6 is 11.3 Å². The summed E-state index contributed by atoms with van der Waals surface area (Å²) in [7, 11) is 0. The Hall–Kier alpha value is -3.52. The number of fused-ring (bicyclic) bond motifs is 1. The van der Waals surface area contributed by atoms with Gasteiger partial charge in [-0.2, -0.15) is 9.61 Å². The molecule has 8 heteroatoms. The lowest BCUT2D eigenvalue weighted by Gasteiger charge is -2.10. The lowest BCUT2D eigenvalue weighted by molar-refractivity contribution is -0.123. The first-order valence-corrected chi connectivity index (χ1v) is 10.8. The summed E-state index contributed by atoms with van der Waals surface area (Å²) in [4.78, 5) is 29.6. The van der Waals surface area contributed by atoms with Crippen LogP contribution in [-0.4, -0.2) is 27.1 Å². The highest BCUT2D eigenvalue weighted by Gasteiger charge is 2.12. The molecule has 2 heterocycles. The molecule has 0 aliphatic carbocycles. The highest BCUT2D eigenvalue weighted by atomic mass is 32.1. The monoisotopic (exact) mass is 434 g/mol. The van der Waals surface area contributed by atoms with E-state index in [1.165, 1.54) is 21.9 Å². The van der Waals surface area contributed by atoms with Crippen molar-refractivity contribution >= 4 is 22.2 Å². The normalized spacial score (nSPS) is 10.9. The van der Waals surface area contributed by atoms with Crippen molar-refractivity contribution in [2.24, 2.45) is 0 Å². The number of hydrogen-bond donors (Lipinski definition) is 1. The molecule has 0 spiro atoms. The van der Waals surface area contributed by atoms with E-state index in [1.807, 2.05) is 62.4 Å². The van der Waals surface area contributed by atoms with E-state index in [-0.39, 0.29) is 24.6 Å². The molecule has 0 bridgehead atoms. The molecular weight excluding hydrogens is 412 g/mol. The van der Waals surface area contributed by atoms with Gasteiger partial charge in [0.25, 0.3) is 11.5 Å². The SMILES string of the molecule is CCc1ccccc1OCC(=O)NCc1cc(=O)n2nc(-c3cccc(C)c3)sc2n1. The van der Waals surface area contributed by atoms with Crippen LogP contribution in [0.3, 0.4) is 0 Å². The maximum Gasteiger partial charge on any atom is 0.275 e. The third-order valence-corrected chi connectivity index (χ3v) is 5.70. The highest BCUT2D eigenvalue weighted by Crippen LogP contribution is 2.25. The zero-order valence-corrected chi connectivity index (χ0v) is 18.1. The van der Waals surface area contributed by atoms with E-state index in [1.54, 1.807) is 0 Å². The first kappa shape index (κ1) is 20.7. The molecule has 158 valence electrons. The van der Waals surface area contributed by atoms with Crippen LogP contribution in [0.25, 0.3) is 15.5 Å². The summed E-state index contributed by atoms with van der Waals surface area (Å²) in [6, 6.07) is 16.9. The summed E-state index contributed by atoms with van der Waals surface area (Å²) in [5.74, 6) is 0.420. The standard InChI is InChI=1S/C23H22N4O3S/c1-3-16-8-4-5-10-19(16)30-14-20(28)24-13-18-12-21(29)27-23(25-18)31-22(26-27)17-9-6-7-15(2)11-17/h4-12H,3,13-14H2,1-2H3,(H,24,28). The van der Waals surface area contributed by atoms with Crippen molar-refractivity contribution in [2.75, 3.05) is 6.61 Å². The van der Waals surface area contributed by atoms with Crippen molar-refractivity contribution in [3.05, 3.63) is 81.8 Å². The molecule has 1 amide bonds. The molecule has 0 radical (unpaired) electrons. The van der Waals surface area contributed by atoms with Gasteiger partial charge in [0.2, 0.25) is 4.96 Å². The molecule has 4 rings (SSSR count). The maximum atomic E-state index is 12.5. The van der Waals surface area contributed by atoms with Crippen molar-refractivity contribution in [1.82, 2.24) is 19.9 Å². The molecule has 0 aliphatic rings. The van der Waals surface area contributed by atoms with Gasteiger partial charge in [-0.3, -0.25) is 9.59 Å². The van der Waals surface area contributed by atoms with E-state index >= 15 is 0 Å². The predicted molar refractivity (Wildman–Crippen MR) is 120 cm³/mol. The number of hydrogen-bond acceptors (Lipinski definition) is 6. The highest BCUT2D eigenvalue weighted by molar-refractivity contribution is 7.19. The Morgan fingerprint density at radius 2 is 2.00 bits per heavy atom. The van der Waals surface area contributed by atoms with Crippen LogP contribution in [0.4, 0.5) is 0 Å². The summed E-state index contributed by atoms with van der Waals surface area (Å²) in [5, 5.41) is 7.87. The van der Waals surface area contributed by atoms with E-state index in [4.69, 9.17) is 4.74 Å². The molecule has 0 fully saturated rings. The molecule has 2 aromatic carbocycles. The first-order chi connectivity index (χ1) is 15.0. The molecule has 0 atom stereocenters. The van der Waals surface area contributed by atoms with E-state index in [0.717, 1.165) is 28.1 Å². The second kappa shape index (κ2) is 9.09. The van der Waals surface area contributed by atoms with Crippen LogP contribution in [0.1, 0.15) is 23.7 Å². The molecule has 0 unspecified atom stereocenters. The Balaban J connectivity index is 1.44. The number of carbonyl (C=O) groups is 1. The zero-order chi connectivity index (χ0) is 21.8. The summed E-state index contributed by atoms with van der Waals surface area (Å²) >= 11 is 1.34. The molecule has 31 heavy (non-hydrogen) atoms. The van der Waals surface area contributed by atoms with Crippen molar-refractivity contribution in [3.8, 4) is 16.3 Å². The van der Waals surface area contributed by atoms with Crippen LogP contribution in [-0.2, 0) is 17.8 Å². The molecular formula is C23H22N4O3S. The van der Waals surface area contributed by atoms with E-state index < -0.39 is 0 Å². The summed E-state index contributed by atoms with van der Waals surface area (Å²) in [5.41, 5.74) is 3.30. The number of rotatable bonds is 7. The average molecular weight is 435 g/mol. The zero-order valence-electron chi connectivity index (χ0n) is 17.3. The minimum absolute atomic E-state index is 0.101. The van der Waals surface area contributed by atoms with Crippen molar-refractivity contribution < 1.29 is 9.53 Å². The molecule has 1 N–H and O–H groups in total. The number of amides is 1. The van der Waals surface area contributed by atoms with Gasteiger partial charge in [-0.25, -0.2) is 4.98 Å². The van der Waals surface area contributed by atoms with Crippen LogP contribution in [0.15, 0.2) is 59.4 Å². The molecule has 0 saturated carbocycles. The number of nitrogens with zero attached hydrogens (tertiary/aromatic N) is 3.